The second kappa shape index (κ2) is 9.26. The summed E-state index contributed by atoms with van der Waals surface area (Å²) in [5.74, 6) is -2.21. The summed E-state index contributed by atoms with van der Waals surface area (Å²) in [5, 5.41) is 3.11. The van der Waals surface area contributed by atoms with Gasteiger partial charge in [0.25, 0.3) is 17.7 Å². The quantitative estimate of drug-likeness (QED) is 0.430. The Hall–Kier alpha value is -3.97. The second-order valence-corrected chi connectivity index (χ2v) is 7.89. The average molecular weight is 463 g/mol. The summed E-state index contributed by atoms with van der Waals surface area (Å²) in [6.45, 7) is 1.26. The summed E-state index contributed by atoms with van der Waals surface area (Å²) in [4.78, 5) is 51.5. The summed E-state index contributed by atoms with van der Waals surface area (Å²) >= 11 is 5.81. The minimum absolute atomic E-state index is 0.0726. The number of nitrogens with one attached hydrogen (secondary N) is 1. The lowest BCUT2D eigenvalue weighted by Crippen LogP contribution is -2.32. The van der Waals surface area contributed by atoms with Gasteiger partial charge in [-0.2, -0.15) is 0 Å². The van der Waals surface area contributed by atoms with Crippen molar-refractivity contribution in [2.24, 2.45) is 0 Å². The van der Waals surface area contributed by atoms with E-state index in [1.54, 1.807) is 31.2 Å². The molecule has 7 nitrogen and oxygen atoms in total. The molecular formula is C25H19ClN2O5. The third kappa shape index (κ3) is 4.63. The fourth-order valence-corrected chi connectivity index (χ4v) is 3.69. The van der Waals surface area contributed by atoms with Gasteiger partial charge in [-0.05, 0) is 55.0 Å². The Morgan fingerprint density at radius 3 is 2.30 bits per heavy atom. The summed E-state index contributed by atoms with van der Waals surface area (Å²) in [6.07, 6.45) is 0. The van der Waals surface area contributed by atoms with Gasteiger partial charge in [-0.3, -0.25) is 19.3 Å². The Kier molecular flexibility index (Phi) is 6.24. The molecule has 0 radical (unpaired) electrons. The van der Waals surface area contributed by atoms with Gasteiger partial charge in [-0.1, -0.05) is 41.9 Å². The Morgan fingerprint density at radius 1 is 0.939 bits per heavy atom. The van der Waals surface area contributed by atoms with Gasteiger partial charge in [0.2, 0.25) is 0 Å². The van der Waals surface area contributed by atoms with Crippen LogP contribution in [0.4, 0.5) is 5.69 Å². The molecule has 3 amide bonds. The van der Waals surface area contributed by atoms with Crippen molar-refractivity contribution >= 4 is 41.0 Å². The average Bonchev–Trinajstić information content (AvgIpc) is 3.08. The van der Waals surface area contributed by atoms with Crippen LogP contribution in [0.1, 0.15) is 49.6 Å². The summed E-state index contributed by atoms with van der Waals surface area (Å²) in [6, 6.07) is 19.4. The summed E-state index contributed by atoms with van der Waals surface area (Å²) in [7, 11) is 0. The molecule has 1 atom stereocenters. The van der Waals surface area contributed by atoms with Crippen LogP contribution in [0.5, 0.6) is 0 Å². The number of anilines is 1. The van der Waals surface area contributed by atoms with E-state index in [4.69, 9.17) is 16.3 Å². The summed E-state index contributed by atoms with van der Waals surface area (Å²) < 4.78 is 5.06. The molecule has 8 heteroatoms. The number of imide groups is 1. The molecule has 1 heterocycles. The number of carbonyl (C=O) groups is 4. The van der Waals surface area contributed by atoms with E-state index in [1.165, 1.54) is 23.1 Å². The molecular weight excluding hydrogens is 444 g/mol. The van der Waals surface area contributed by atoms with E-state index < -0.39 is 36.3 Å². The molecule has 4 rings (SSSR count). The second-order valence-electron chi connectivity index (χ2n) is 7.46. The highest BCUT2D eigenvalue weighted by Crippen LogP contribution is 2.31. The zero-order valence-corrected chi connectivity index (χ0v) is 18.3. The Morgan fingerprint density at radius 2 is 1.61 bits per heavy atom. The smallest absolute Gasteiger partial charge is 0.338 e. The van der Waals surface area contributed by atoms with Gasteiger partial charge in [0.1, 0.15) is 0 Å². The van der Waals surface area contributed by atoms with Crippen LogP contribution in [0.25, 0.3) is 0 Å². The normalized spacial score (nSPS) is 13.5. The van der Waals surface area contributed by atoms with Crippen molar-refractivity contribution in [1.29, 1.82) is 0 Å². The number of hydrogen-bond acceptors (Lipinski definition) is 5. The maximum atomic E-state index is 13.0. The van der Waals surface area contributed by atoms with Crippen LogP contribution in [0.15, 0.2) is 72.8 Å². The number of amides is 3. The predicted octanol–water partition coefficient (Wildman–Crippen LogP) is 4.49. The van der Waals surface area contributed by atoms with Gasteiger partial charge in [-0.25, -0.2) is 4.79 Å². The molecule has 1 N–H and O–H groups in total. The number of ether oxygens (including phenoxy) is 1. The first-order chi connectivity index (χ1) is 15.8. The zero-order chi connectivity index (χ0) is 23.5. The topological polar surface area (TPSA) is 92.8 Å². The molecule has 166 valence electrons. The molecule has 0 unspecified atom stereocenters. The lowest BCUT2D eigenvalue weighted by Gasteiger charge is -2.22. The van der Waals surface area contributed by atoms with Crippen LogP contribution in [0.3, 0.4) is 0 Å². The molecule has 0 aliphatic carbocycles. The minimum atomic E-state index is -0.779. The highest BCUT2D eigenvalue weighted by Gasteiger charge is 2.39. The van der Waals surface area contributed by atoms with Crippen molar-refractivity contribution in [2.75, 3.05) is 11.9 Å². The van der Waals surface area contributed by atoms with E-state index in [1.807, 2.05) is 30.3 Å². The number of esters is 1. The number of fused-ring (bicyclic) bond motifs is 1. The van der Waals surface area contributed by atoms with Crippen LogP contribution in [-0.2, 0) is 9.53 Å². The lowest BCUT2D eigenvalue weighted by molar-refractivity contribution is -0.119. The van der Waals surface area contributed by atoms with Crippen molar-refractivity contribution in [1.82, 2.24) is 4.90 Å². The Bertz CT molecular complexity index is 1240. The molecule has 0 fully saturated rings. The van der Waals surface area contributed by atoms with Crippen molar-refractivity contribution < 1.29 is 23.9 Å². The number of halogens is 1. The lowest BCUT2D eigenvalue weighted by atomic mass is 10.1. The summed E-state index contributed by atoms with van der Waals surface area (Å²) in [5.41, 5.74) is 1.75. The fraction of sp³-hybridized carbons (Fsp3) is 0.120. The van der Waals surface area contributed by atoms with Crippen LogP contribution in [0, 0.1) is 0 Å². The fourth-order valence-electron chi connectivity index (χ4n) is 3.56. The van der Waals surface area contributed by atoms with Gasteiger partial charge in [-0.15, -0.1) is 0 Å². The van der Waals surface area contributed by atoms with Crippen molar-refractivity contribution in [3.8, 4) is 0 Å². The van der Waals surface area contributed by atoms with Gasteiger partial charge >= 0.3 is 5.97 Å². The Balaban J connectivity index is 1.43. The van der Waals surface area contributed by atoms with Crippen LogP contribution in [-0.4, -0.2) is 35.2 Å². The SMILES string of the molecule is C[C@@H](c1ccccc1)N1C(=O)c2ccc(C(=O)OCC(=O)Nc3ccc(Cl)cc3)cc2C1=O. The molecule has 3 aromatic carbocycles. The van der Waals surface area contributed by atoms with Gasteiger partial charge in [0.15, 0.2) is 6.61 Å². The predicted molar refractivity (Wildman–Crippen MR) is 122 cm³/mol. The van der Waals surface area contributed by atoms with E-state index in [0.29, 0.717) is 10.7 Å². The first-order valence-electron chi connectivity index (χ1n) is 10.1. The van der Waals surface area contributed by atoms with Crippen LogP contribution in [0.2, 0.25) is 5.02 Å². The van der Waals surface area contributed by atoms with Crippen molar-refractivity contribution in [2.45, 2.75) is 13.0 Å². The van der Waals surface area contributed by atoms with E-state index in [2.05, 4.69) is 5.32 Å². The Labute approximate surface area is 194 Å². The van der Waals surface area contributed by atoms with Crippen molar-refractivity contribution in [3.63, 3.8) is 0 Å². The highest BCUT2D eigenvalue weighted by atomic mass is 35.5. The number of benzene rings is 3. The molecule has 3 aromatic rings. The van der Waals surface area contributed by atoms with Gasteiger partial charge in [0, 0.05) is 10.7 Å². The third-order valence-corrected chi connectivity index (χ3v) is 5.54. The third-order valence-electron chi connectivity index (χ3n) is 5.29. The van der Waals surface area contributed by atoms with Crippen LogP contribution >= 0.6 is 11.6 Å². The maximum Gasteiger partial charge on any atom is 0.338 e. The number of carbonyl (C=O) groups excluding carboxylic acids is 4. The molecule has 0 aromatic heterocycles. The number of nitrogens with zero attached hydrogens (tertiary/aromatic N) is 1. The standard InChI is InChI=1S/C25H19ClN2O5/c1-15(16-5-3-2-4-6-16)28-23(30)20-12-7-17(13-21(20)24(28)31)25(32)33-14-22(29)27-19-10-8-18(26)9-11-19/h2-13,15H,14H2,1H3,(H,27,29)/t15-/m0/s1. The van der Waals surface area contributed by atoms with Gasteiger partial charge < -0.3 is 10.1 Å². The molecule has 1 aliphatic heterocycles. The highest BCUT2D eigenvalue weighted by molar-refractivity contribution is 6.30. The van der Waals surface area contributed by atoms with E-state index in [-0.39, 0.29) is 16.7 Å². The molecule has 33 heavy (non-hydrogen) atoms. The van der Waals surface area contributed by atoms with E-state index in [9.17, 15) is 19.2 Å². The zero-order valence-electron chi connectivity index (χ0n) is 17.6. The molecule has 0 spiro atoms. The molecule has 0 saturated heterocycles. The first kappa shape index (κ1) is 22.2. The number of rotatable bonds is 6. The van der Waals surface area contributed by atoms with Crippen LogP contribution < -0.4 is 5.32 Å². The number of hydrogen-bond donors (Lipinski definition) is 1. The first-order valence-corrected chi connectivity index (χ1v) is 10.5. The maximum absolute atomic E-state index is 13.0. The monoisotopic (exact) mass is 462 g/mol. The van der Waals surface area contributed by atoms with E-state index in [0.717, 1.165) is 5.56 Å². The molecule has 0 bridgehead atoms. The minimum Gasteiger partial charge on any atom is -0.452 e. The molecule has 1 aliphatic rings. The largest absolute Gasteiger partial charge is 0.452 e. The van der Waals surface area contributed by atoms with Crippen molar-refractivity contribution in [3.05, 3.63) is 100 Å². The molecule has 0 saturated carbocycles. The van der Waals surface area contributed by atoms with Gasteiger partial charge in [0.05, 0.1) is 22.7 Å². The van der Waals surface area contributed by atoms with E-state index >= 15 is 0 Å².